The molecule has 1 saturated carbocycles. The number of nitrogens with zero attached hydrogens (tertiary/aromatic N) is 3. The molecule has 0 radical (unpaired) electrons. The fraction of sp³-hybridized carbons (Fsp3) is 0.545. The average molecular weight is 351 g/mol. The largest absolute Gasteiger partial charge is 0.341 e. The molecule has 4 nitrogen and oxygen atoms in total. The molecule has 4 rings (SSSR count). The van der Waals surface area contributed by atoms with Crippen molar-refractivity contribution in [2.24, 2.45) is 7.05 Å². The van der Waals surface area contributed by atoms with Gasteiger partial charge in [-0.25, -0.2) is 4.98 Å². The van der Waals surface area contributed by atoms with E-state index in [1.54, 1.807) is 0 Å². The average Bonchev–Trinajstić information content (AvgIpc) is 3.14. The van der Waals surface area contributed by atoms with E-state index >= 15 is 0 Å². The van der Waals surface area contributed by atoms with Crippen molar-refractivity contribution < 1.29 is 4.79 Å². The number of hydrogen-bond donors (Lipinski definition) is 0. The van der Waals surface area contributed by atoms with E-state index in [0.29, 0.717) is 11.8 Å². The highest BCUT2D eigenvalue weighted by molar-refractivity contribution is 5.88. The molecule has 2 fully saturated rings. The van der Waals surface area contributed by atoms with Crippen molar-refractivity contribution in [3.63, 3.8) is 0 Å². The van der Waals surface area contributed by atoms with Crippen LogP contribution in [0.3, 0.4) is 0 Å². The molecule has 1 saturated heterocycles. The van der Waals surface area contributed by atoms with Gasteiger partial charge in [-0.05, 0) is 31.2 Å². The molecule has 2 heterocycles. The summed E-state index contributed by atoms with van der Waals surface area (Å²) in [6.07, 6.45) is 11.6. The summed E-state index contributed by atoms with van der Waals surface area (Å²) in [7, 11) is 2.05. The second-order valence-corrected chi connectivity index (χ2v) is 8.00. The number of hydrogen-bond acceptors (Lipinski definition) is 2. The summed E-state index contributed by atoms with van der Waals surface area (Å²) >= 11 is 0. The first kappa shape index (κ1) is 17.3. The van der Waals surface area contributed by atoms with Crippen molar-refractivity contribution in [1.29, 1.82) is 0 Å². The van der Waals surface area contributed by atoms with E-state index in [1.165, 1.54) is 12.0 Å². The van der Waals surface area contributed by atoms with E-state index in [1.807, 2.05) is 18.5 Å². The fourth-order valence-electron chi connectivity index (χ4n) is 4.98. The molecule has 1 aromatic heterocycles. The minimum absolute atomic E-state index is 0.316. The molecular weight excluding hydrogens is 322 g/mol. The van der Waals surface area contributed by atoms with Crippen LogP contribution in [-0.2, 0) is 17.3 Å². The molecule has 0 bridgehead atoms. The molecule has 0 N–H and O–H groups in total. The molecular formula is C22H29N3O. The second-order valence-electron chi connectivity index (χ2n) is 8.00. The van der Waals surface area contributed by atoms with Crippen LogP contribution in [0.15, 0.2) is 42.7 Å². The van der Waals surface area contributed by atoms with Crippen LogP contribution < -0.4 is 0 Å². The normalized spacial score (nSPS) is 23.0. The zero-order valence-corrected chi connectivity index (χ0v) is 15.7. The summed E-state index contributed by atoms with van der Waals surface area (Å²) < 4.78 is 2.10. The van der Waals surface area contributed by atoms with Gasteiger partial charge in [0.1, 0.15) is 5.82 Å². The summed E-state index contributed by atoms with van der Waals surface area (Å²) in [5.41, 5.74) is 0.895. The number of carbonyl (C=O) groups is 1. The zero-order chi connectivity index (χ0) is 18.0. The Hall–Kier alpha value is -2.10. The molecule has 1 aliphatic heterocycles. The summed E-state index contributed by atoms with van der Waals surface area (Å²) in [6.45, 7) is 1.69. The topological polar surface area (TPSA) is 38.1 Å². The Labute approximate surface area is 156 Å². The van der Waals surface area contributed by atoms with Crippen molar-refractivity contribution in [2.75, 3.05) is 13.1 Å². The van der Waals surface area contributed by atoms with Crippen LogP contribution >= 0.6 is 0 Å². The minimum atomic E-state index is -0.316. The molecule has 1 aromatic carbocycles. The third kappa shape index (κ3) is 3.06. The Morgan fingerprint density at radius 2 is 1.88 bits per heavy atom. The van der Waals surface area contributed by atoms with Crippen LogP contribution in [-0.4, -0.2) is 33.4 Å². The predicted octanol–water partition coefficient (Wildman–Crippen LogP) is 4.03. The molecule has 138 valence electrons. The van der Waals surface area contributed by atoms with E-state index < -0.39 is 0 Å². The first-order valence-corrected chi connectivity index (χ1v) is 10.0. The molecule has 1 atom stereocenters. The van der Waals surface area contributed by atoms with Gasteiger partial charge in [0.05, 0.1) is 5.41 Å². The maximum Gasteiger partial charge on any atom is 0.233 e. The minimum Gasteiger partial charge on any atom is -0.341 e. The predicted molar refractivity (Wildman–Crippen MR) is 103 cm³/mol. The third-order valence-electron chi connectivity index (χ3n) is 6.38. The van der Waals surface area contributed by atoms with Crippen molar-refractivity contribution >= 4 is 5.91 Å². The van der Waals surface area contributed by atoms with Gasteiger partial charge in [-0.15, -0.1) is 0 Å². The maximum absolute atomic E-state index is 13.8. The molecule has 2 aliphatic rings. The van der Waals surface area contributed by atoms with Crippen LogP contribution in [0.5, 0.6) is 0 Å². The first-order valence-electron chi connectivity index (χ1n) is 10.0. The van der Waals surface area contributed by atoms with Gasteiger partial charge in [-0.2, -0.15) is 0 Å². The Balaban J connectivity index is 1.60. The number of carbonyl (C=O) groups excluding carboxylic acids is 1. The number of piperidine rings is 1. The molecule has 2 aromatic rings. The van der Waals surface area contributed by atoms with Crippen molar-refractivity contribution in [3.8, 4) is 0 Å². The van der Waals surface area contributed by atoms with Gasteiger partial charge in [0.15, 0.2) is 0 Å². The Kier molecular flexibility index (Phi) is 4.84. The lowest BCUT2D eigenvalue weighted by atomic mass is 9.68. The number of likely N-dealkylation sites (tertiary alicyclic amines) is 1. The lowest BCUT2D eigenvalue weighted by Gasteiger charge is -2.43. The first-order chi connectivity index (χ1) is 12.7. The smallest absolute Gasteiger partial charge is 0.233 e. The van der Waals surface area contributed by atoms with Crippen molar-refractivity contribution in [2.45, 2.75) is 56.3 Å². The highest BCUT2D eigenvalue weighted by atomic mass is 16.2. The Morgan fingerprint density at radius 1 is 1.12 bits per heavy atom. The van der Waals surface area contributed by atoms with Gasteiger partial charge in [0.25, 0.3) is 0 Å². The summed E-state index contributed by atoms with van der Waals surface area (Å²) in [5, 5.41) is 0. The number of amides is 1. The second kappa shape index (κ2) is 7.26. The van der Waals surface area contributed by atoms with Crippen molar-refractivity contribution in [3.05, 3.63) is 54.1 Å². The van der Waals surface area contributed by atoms with Gasteiger partial charge in [-0.3, -0.25) is 4.79 Å². The molecule has 4 heteroatoms. The van der Waals surface area contributed by atoms with Gasteiger partial charge in [0, 0.05) is 38.4 Å². The third-order valence-corrected chi connectivity index (χ3v) is 6.38. The zero-order valence-electron chi connectivity index (χ0n) is 15.7. The number of imidazole rings is 1. The van der Waals surface area contributed by atoms with Crippen LogP contribution in [0.25, 0.3) is 0 Å². The van der Waals surface area contributed by atoms with Crippen LogP contribution in [0.1, 0.15) is 62.3 Å². The number of rotatable bonds is 3. The highest BCUT2D eigenvalue weighted by Crippen LogP contribution is 2.42. The van der Waals surface area contributed by atoms with E-state index in [9.17, 15) is 4.79 Å². The molecule has 0 unspecified atom stereocenters. The van der Waals surface area contributed by atoms with Gasteiger partial charge in [-0.1, -0.05) is 49.6 Å². The van der Waals surface area contributed by atoms with Crippen molar-refractivity contribution in [1.82, 2.24) is 14.5 Å². The lowest BCUT2D eigenvalue weighted by molar-refractivity contribution is -0.140. The van der Waals surface area contributed by atoms with E-state index in [2.05, 4.69) is 45.8 Å². The monoisotopic (exact) mass is 351 g/mol. The molecule has 1 amide bonds. The number of aromatic nitrogens is 2. The lowest BCUT2D eigenvalue weighted by Crippen LogP contribution is -2.51. The Morgan fingerprint density at radius 3 is 2.58 bits per heavy atom. The maximum atomic E-state index is 13.8. The van der Waals surface area contributed by atoms with Crippen LogP contribution in [0.2, 0.25) is 0 Å². The van der Waals surface area contributed by atoms with Gasteiger partial charge < -0.3 is 9.47 Å². The number of benzene rings is 1. The van der Waals surface area contributed by atoms with E-state index in [-0.39, 0.29) is 5.41 Å². The van der Waals surface area contributed by atoms with Crippen LogP contribution in [0.4, 0.5) is 0 Å². The van der Waals surface area contributed by atoms with E-state index in [0.717, 1.165) is 57.4 Å². The molecule has 26 heavy (non-hydrogen) atoms. The van der Waals surface area contributed by atoms with Crippen LogP contribution in [0, 0.1) is 0 Å². The molecule has 0 spiro atoms. The summed E-state index contributed by atoms with van der Waals surface area (Å²) in [4.78, 5) is 20.5. The quantitative estimate of drug-likeness (QED) is 0.837. The van der Waals surface area contributed by atoms with Gasteiger partial charge >= 0.3 is 0 Å². The standard InChI is InChI=1S/C22H29N3O/c1-24-16-14-23-20(24)18-9-8-15-25(17-18)21(26)22(12-6-3-7-13-22)19-10-4-2-5-11-19/h2,4-5,10-11,14,16,18H,3,6-9,12-13,15,17H2,1H3/t18-/m1/s1. The Bertz CT molecular complexity index is 746. The van der Waals surface area contributed by atoms with Gasteiger partial charge in [0.2, 0.25) is 5.91 Å². The SMILES string of the molecule is Cn1ccnc1[C@@H]1CCCN(C(=O)C2(c3ccccc3)CCCCC2)C1. The summed E-state index contributed by atoms with van der Waals surface area (Å²) in [5.74, 6) is 1.81. The van der Waals surface area contributed by atoms with E-state index in [4.69, 9.17) is 0 Å². The summed E-state index contributed by atoms with van der Waals surface area (Å²) in [6, 6.07) is 10.5. The molecule has 1 aliphatic carbocycles. The fourth-order valence-corrected chi connectivity index (χ4v) is 4.98. The highest BCUT2D eigenvalue weighted by Gasteiger charge is 2.44. The number of aryl methyl sites for hydroxylation is 1.